The zero-order chi connectivity index (χ0) is 9.38. The van der Waals surface area contributed by atoms with Crippen LogP contribution in [-0.2, 0) is 4.74 Å². The highest BCUT2D eigenvalue weighted by atomic mass is 16.5. The average molecular weight is 190 g/mol. The van der Waals surface area contributed by atoms with E-state index in [0.29, 0.717) is 11.8 Å². The summed E-state index contributed by atoms with van der Waals surface area (Å²) in [6.07, 6.45) is 3.00. The van der Waals surface area contributed by atoms with Crippen LogP contribution in [0.1, 0.15) is 17.9 Å². The van der Waals surface area contributed by atoms with Crippen molar-refractivity contribution in [1.29, 1.82) is 0 Å². The van der Waals surface area contributed by atoms with E-state index in [2.05, 4.69) is 16.4 Å². The van der Waals surface area contributed by atoms with Gasteiger partial charge in [0, 0.05) is 25.3 Å². The standard InChI is InChI=1S/C11H14N2O/c1-2-10-9-3-5-14-7-8(9)6-13-11(10)12-4-1/h1-2,4,8-9H,3,5-7H2,(H,12,13). The first-order chi connectivity index (χ1) is 6.95. The summed E-state index contributed by atoms with van der Waals surface area (Å²) in [5, 5.41) is 3.37. The summed E-state index contributed by atoms with van der Waals surface area (Å²) in [5.74, 6) is 2.38. The molecule has 2 aliphatic heterocycles. The largest absolute Gasteiger partial charge is 0.381 e. The van der Waals surface area contributed by atoms with Gasteiger partial charge in [0.2, 0.25) is 0 Å². The number of rotatable bonds is 0. The van der Waals surface area contributed by atoms with Gasteiger partial charge in [-0.3, -0.25) is 0 Å². The molecule has 1 fully saturated rings. The molecule has 0 saturated carbocycles. The number of pyridine rings is 1. The number of nitrogens with zero attached hydrogens (tertiary/aromatic N) is 1. The Bertz CT molecular complexity index is 340. The first-order valence-corrected chi connectivity index (χ1v) is 5.21. The first-order valence-electron chi connectivity index (χ1n) is 5.21. The van der Waals surface area contributed by atoms with Crippen LogP contribution in [0, 0.1) is 5.92 Å². The third-order valence-electron chi connectivity index (χ3n) is 3.24. The van der Waals surface area contributed by atoms with Crippen LogP contribution in [0.5, 0.6) is 0 Å². The topological polar surface area (TPSA) is 34.1 Å². The van der Waals surface area contributed by atoms with Crippen molar-refractivity contribution in [3.8, 4) is 0 Å². The second kappa shape index (κ2) is 3.24. The van der Waals surface area contributed by atoms with E-state index in [0.717, 1.165) is 32.0 Å². The summed E-state index contributed by atoms with van der Waals surface area (Å²) in [5.41, 5.74) is 1.38. The molecular formula is C11H14N2O. The molecule has 2 atom stereocenters. The van der Waals surface area contributed by atoms with E-state index in [9.17, 15) is 0 Å². The van der Waals surface area contributed by atoms with Crippen molar-refractivity contribution < 1.29 is 4.74 Å². The lowest BCUT2D eigenvalue weighted by Crippen LogP contribution is -2.35. The van der Waals surface area contributed by atoms with Crippen LogP contribution in [0.4, 0.5) is 5.82 Å². The third kappa shape index (κ3) is 1.20. The molecule has 0 aromatic carbocycles. The fourth-order valence-corrected chi connectivity index (χ4v) is 2.50. The van der Waals surface area contributed by atoms with Crippen molar-refractivity contribution >= 4 is 5.82 Å². The molecule has 3 nitrogen and oxygen atoms in total. The molecular weight excluding hydrogens is 176 g/mol. The number of hydrogen-bond donors (Lipinski definition) is 1. The molecule has 3 rings (SSSR count). The van der Waals surface area contributed by atoms with Gasteiger partial charge in [-0.05, 0) is 24.0 Å². The van der Waals surface area contributed by atoms with Gasteiger partial charge in [-0.2, -0.15) is 0 Å². The molecule has 0 bridgehead atoms. The van der Waals surface area contributed by atoms with Crippen LogP contribution in [-0.4, -0.2) is 24.7 Å². The van der Waals surface area contributed by atoms with Crippen molar-refractivity contribution in [1.82, 2.24) is 4.98 Å². The fraction of sp³-hybridized carbons (Fsp3) is 0.545. The summed E-state index contributed by atoms with van der Waals surface area (Å²) < 4.78 is 5.49. The van der Waals surface area contributed by atoms with Crippen LogP contribution in [0.25, 0.3) is 0 Å². The van der Waals surface area contributed by atoms with E-state index in [1.54, 1.807) is 0 Å². The highest BCUT2D eigenvalue weighted by Crippen LogP contribution is 2.38. The monoisotopic (exact) mass is 190 g/mol. The average Bonchev–Trinajstić information content (AvgIpc) is 2.29. The molecule has 74 valence electrons. The van der Waals surface area contributed by atoms with Gasteiger partial charge in [0.15, 0.2) is 0 Å². The van der Waals surface area contributed by atoms with Gasteiger partial charge in [-0.25, -0.2) is 4.98 Å². The Morgan fingerprint density at radius 1 is 1.50 bits per heavy atom. The second-order valence-electron chi connectivity index (χ2n) is 4.05. The normalized spacial score (nSPS) is 30.0. The number of ether oxygens (including phenoxy) is 1. The van der Waals surface area contributed by atoms with Crippen LogP contribution in [0.3, 0.4) is 0 Å². The van der Waals surface area contributed by atoms with Gasteiger partial charge in [-0.15, -0.1) is 0 Å². The van der Waals surface area contributed by atoms with Crippen molar-refractivity contribution in [3.63, 3.8) is 0 Å². The van der Waals surface area contributed by atoms with Gasteiger partial charge in [0.25, 0.3) is 0 Å². The van der Waals surface area contributed by atoms with Crippen LogP contribution < -0.4 is 5.32 Å². The summed E-state index contributed by atoms with van der Waals surface area (Å²) >= 11 is 0. The lowest BCUT2D eigenvalue weighted by molar-refractivity contribution is 0.0432. The molecule has 0 radical (unpaired) electrons. The molecule has 2 unspecified atom stereocenters. The van der Waals surface area contributed by atoms with Crippen molar-refractivity contribution in [2.24, 2.45) is 5.92 Å². The highest BCUT2D eigenvalue weighted by Gasteiger charge is 2.32. The maximum Gasteiger partial charge on any atom is 0.129 e. The third-order valence-corrected chi connectivity index (χ3v) is 3.24. The van der Waals surface area contributed by atoms with Crippen LogP contribution in [0.2, 0.25) is 0 Å². The SMILES string of the molecule is c1cnc2c(c1)C1CCOCC1CN2. The Morgan fingerprint density at radius 3 is 3.50 bits per heavy atom. The van der Waals surface area contributed by atoms with Crippen molar-refractivity contribution in [3.05, 3.63) is 23.9 Å². The Labute approximate surface area is 83.5 Å². The minimum Gasteiger partial charge on any atom is -0.381 e. The van der Waals surface area contributed by atoms with E-state index in [1.165, 1.54) is 5.56 Å². The molecule has 1 aromatic heterocycles. The highest BCUT2D eigenvalue weighted by molar-refractivity contribution is 5.49. The Hall–Kier alpha value is -1.09. The lowest BCUT2D eigenvalue weighted by Gasteiger charge is -2.36. The summed E-state index contributed by atoms with van der Waals surface area (Å²) in [7, 11) is 0. The van der Waals surface area contributed by atoms with Gasteiger partial charge >= 0.3 is 0 Å². The fourth-order valence-electron chi connectivity index (χ4n) is 2.50. The molecule has 1 saturated heterocycles. The number of nitrogens with one attached hydrogen (secondary N) is 1. The zero-order valence-corrected chi connectivity index (χ0v) is 8.07. The Morgan fingerprint density at radius 2 is 2.50 bits per heavy atom. The second-order valence-corrected chi connectivity index (χ2v) is 4.05. The molecule has 0 aliphatic carbocycles. The maximum absolute atomic E-state index is 5.49. The lowest BCUT2D eigenvalue weighted by atomic mass is 9.80. The number of fused-ring (bicyclic) bond motifs is 3. The Balaban J connectivity index is 1.99. The molecule has 0 spiro atoms. The van der Waals surface area contributed by atoms with Crippen molar-refractivity contribution in [2.45, 2.75) is 12.3 Å². The smallest absolute Gasteiger partial charge is 0.129 e. The summed E-state index contributed by atoms with van der Waals surface area (Å²) in [6, 6.07) is 4.22. The maximum atomic E-state index is 5.49. The summed E-state index contributed by atoms with van der Waals surface area (Å²) in [4.78, 5) is 4.36. The minimum atomic E-state index is 0.639. The van der Waals surface area contributed by atoms with E-state index in [1.807, 2.05) is 12.3 Å². The zero-order valence-electron chi connectivity index (χ0n) is 8.07. The summed E-state index contributed by atoms with van der Waals surface area (Å²) in [6.45, 7) is 2.80. The van der Waals surface area contributed by atoms with Gasteiger partial charge < -0.3 is 10.1 Å². The molecule has 0 amide bonds. The molecule has 1 aromatic rings. The van der Waals surface area contributed by atoms with Gasteiger partial charge in [-0.1, -0.05) is 6.07 Å². The Kier molecular flexibility index (Phi) is 1.91. The predicted octanol–water partition coefficient (Wildman–Crippen LogP) is 1.63. The van der Waals surface area contributed by atoms with E-state index in [4.69, 9.17) is 4.74 Å². The van der Waals surface area contributed by atoms with E-state index < -0.39 is 0 Å². The van der Waals surface area contributed by atoms with Gasteiger partial charge in [0.05, 0.1) is 6.61 Å². The molecule has 1 N–H and O–H groups in total. The van der Waals surface area contributed by atoms with E-state index >= 15 is 0 Å². The minimum absolute atomic E-state index is 0.639. The number of aromatic nitrogens is 1. The van der Waals surface area contributed by atoms with Gasteiger partial charge in [0.1, 0.15) is 5.82 Å². The van der Waals surface area contributed by atoms with E-state index in [-0.39, 0.29) is 0 Å². The quantitative estimate of drug-likeness (QED) is 0.675. The molecule has 3 heteroatoms. The van der Waals surface area contributed by atoms with Crippen molar-refractivity contribution in [2.75, 3.05) is 25.1 Å². The van der Waals surface area contributed by atoms with Crippen LogP contribution >= 0.6 is 0 Å². The predicted molar refractivity (Wildman–Crippen MR) is 54.4 cm³/mol. The molecule has 2 aliphatic rings. The molecule has 3 heterocycles. The number of anilines is 1. The number of hydrogen-bond acceptors (Lipinski definition) is 3. The first kappa shape index (κ1) is 8.24. The molecule has 14 heavy (non-hydrogen) atoms. The van der Waals surface area contributed by atoms with Crippen LogP contribution in [0.15, 0.2) is 18.3 Å².